The van der Waals surface area contributed by atoms with Gasteiger partial charge in [-0.3, -0.25) is 4.79 Å². The molecule has 23 heavy (non-hydrogen) atoms. The molecule has 0 amide bonds. The van der Waals surface area contributed by atoms with Crippen LogP contribution < -0.4 is 0 Å². The van der Waals surface area contributed by atoms with Crippen molar-refractivity contribution in [2.45, 2.75) is 70.8 Å². The number of hydrogen-bond donors (Lipinski definition) is 1. The molecule has 0 aromatic rings. The normalized spacial score (nSPS) is 55.1. The second-order valence-electron chi connectivity index (χ2n) is 9.45. The van der Waals surface area contributed by atoms with Crippen LogP contribution in [0.4, 0.5) is 0 Å². The Morgan fingerprint density at radius 2 is 1.61 bits per heavy atom. The van der Waals surface area contributed by atoms with Gasteiger partial charge < -0.3 is 5.11 Å². The lowest BCUT2D eigenvalue weighted by Crippen LogP contribution is -2.49. The monoisotopic (exact) mass is 382 g/mol. The number of aliphatic hydroxyl groups is 1. The first-order valence-electron chi connectivity index (χ1n) is 9.69. The van der Waals surface area contributed by atoms with Crippen LogP contribution in [0.25, 0.3) is 0 Å². The Morgan fingerprint density at radius 1 is 0.957 bits per heavy atom. The Bertz CT molecular complexity index is 502. The molecule has 4 aliphatic rings. The lowest BCUT2D eigenvalue weighted by Gasteiger charge is -2.54. The molecular weight excluding hydrogens is 352 g/mol. The molecule has 4 rings (SSSR count). The molecule has 0 aromatic carbocycles. The number of rotatable bonds is 2. The quantitative estimate of drug-likeness (QED) is 0.709. The van der Waals surface area contributed by atoms with E-state index in [1.54, 1.807) is 0 Å². The fourth-order valence-corrected chi connectivity index (χ4v) is 7.99. The minimum absolute atomic E-state index is 0.250. The van der Waals surface area contributed by atoms with Crippen molar-refractivity contribution in [3.63, 3.8) is 0 Å². The molecule has 3 heteroatoms. The van der Waals surface area contributed by atoms with Gasteiger partial charge in [-0.2, -0.15) is 0 Å². The van der Waals surface area contributed by atoms with Crippen LogP contribution in [-0.2, 0) is 4.79 Å². The van der Waals surface area contributed by atoms with Gasteiger partial charge >= 0.3 is 0 Å². The highest BCUT2D eigenvalue weighted by Gasteiger charge is 2.60. The summed E-state index contributed by atoms with van der Waals surface area (Å²) in [7, 11) is 0. The molecule has 4 fully saturated rings. The Hall–Kier alpha value is 0.110. The molecule has 0 aromatic heterocycles. The van der Waals surface area contributed by atoms with Gasteiger partial charge in [0.05, 0.1) is 10.9 Å². The predicted octanol–water partition coefficient (Wildman–Crippen LogP) is 4.58. The number of halogens is 1. The van der Waals surface area contributed by atoms with Crippen molar-refractivity contribution in [2.75, 3.05) is 5.33 Å². The molecule has 1 N–H and O–H groups in total. The summed E-state index contributed by atoms with van der Waals surface area (Å²) in [6, 6.07) is 0. The third-order valence-electron chi connectivity index (χ3n) is 8.67. The zero-order valence-corrected chi connectivity index (χ0v) is 16.1. The van der Waals surface area contributed by atoms with Crippen molar-refractivity contribution in [3.05, 3.63) is 0 Å². The third kappa shape index (κ3) is 2.32. The van der Waals surface area contributed by atoms with E-state index in [-0.39, 0.29) is 11.3 Å². The molecule has 0 bridgehead atoms. The van der Waals surface area contributed by atoms with Gasteiger partial charge in [0.1, 0.15) is 5.78 Å². The smallest absolute Gasteiger partial charge is 0.147 e. The van der Waals surface area contributed by atoms with Gasteiger partial charge in [-0.25, -0.2) is 0 Å². The lowest BCUT2D eigenvalue weighted by molar-refractivity contribution is -0.127. The Kier molecular flexibility index (Phi) is 4.00. The molecule has 0 radical (unpaired) electrons. The van der Waals surface area contributed by atoms with E-state index in [1.807, 2.05) is 0 Å². The van der Waals surface area contributed by atoms with Crippen LogP contribution >= 0.6 is 15.9 Å². The highest BCUT2D eigenvalue weighted by Crippen LogP contribution is 2.65. The lowest BCUT2D eigenvalue weighted by atomic mass is 9.51. The van der Waals surface area contributed by atoms with Gasteiger partial charge in [0.15, 0.2) is 0 Å². The second-order valence-corrected chi connectivity index (χ2v) is 10.0. The zero-order chi connectivity index (χ0) is 16.4. The summed E-state index contributed by atoms with van der Waals surface area (Å²) in [5, 5.41) is 11.2. The summed E-state index contributed by atoms with van der Waals surface area (Å²) in [5.74, 6) is 4.40. The highest BCUT2D eigenvalue weighted by molar-refractivity contribution is 9.09. The first-order chi connectivity index (χ1) is 10.9. The van der Waals surface area contributed by atoms with Crippen molar-refractivity contribution < 1.29 is 9.90 Å². The van der Waals surface area contributed by atoms with Crippen LogP contribution in [0.3, 0.4) is 0 Å². The van der Waals surface area contributed by atoms with Crippen molar-refractivity contribution >= 4 is 21.7 Å². The SMILES string of the molecule is C[C@]12CC[C@@H]3[C@H]4CC[C@@](C)(O)[C@@H]4CC[C@H]3[C@@H]1CC[C@@H]2C(=O)CBr. The first kappa shape index (κ1) is 16.6. The van der Waals surface area contributed by atoms with Crippen molar-refractivity contribution in [2.24, 2.45) is 40.9 Å². The average molecular weight is 383 g/mol. The number of hydrogen-bond acceptors (Lipinski definition) is 2. The minimum atomic E-state index is -0.416. The number of fused-ring (bicyclic) bond motifs is 5. The molecular formula is C20H31BrO2. The van der Waals surface area contributed by atoms with Gasteiger partial charge in [-0.1, -0.05) is 22.9 Å². The standard InChI is InChI=1S/C20H31BrO2/c1-19-9-7-12-13(15(19)5-6-17(19)18(22)11-21)3-4-16-14(12)8-10-20(16,2)23/h12-17,23H,3-11H2,1-2H3/t12-,13+,14+,15-,16+,17+,19-,20+/m0/s1. The maximum Gasteiger partial charge on any atom is 0.147 e. The summed E-state index contributed by atoms with van der Waals surface area (Å²) >= 11 is 3.41. The summed E-state index contributed by atoms with van der Waals surface area (Å²) in [6.07, 6.45) is 9.62. The predicted molar refractivity (Wildman–Crippen MR) is 95.4 cm³/mol. The maximum absolute atomic E-state index is 12.4. The third-order valence-corrected chi connectivity index (χ3v) is 9.23. The Morgan fingerprint density at radius 3 is 2.35 bits per heavy atom. The van der Waals surface area contributed by atoms with Gasteiger partial charge in [0, 0.05) is 5.92 Å². The number of alkyl halides is 1. The summed E-state index contributed by atoms with van der Waals surface area (Å²) in [6.45, 7) is 4.49. The van der Waals surface area contributed by atoms with E-state index in [1.165, 1.54) is 38.5 Å². The van der Waals surface area contributed by atoms with Crippen molar-refractivity contribution in [1.29, 1.82) is 0 Å². The number of ketones is 1. The van der Waals surface area contributed by atoms with Crippen LogP contribution in [0, 0.1) is 40.9 Å². The Labute approximate surface area is 148 Å². The molecule has 8 atom stereocenters. The molecule has 0 spiro atoms. The van der Waals surface area contributed by atoms with Gasteiger partial charge in [0.2, 0.25) is 0 Å². The van der Waals surface area contributed by atoms with E-state index in [2.05, 4.69) is 29.8 Å². The zero-order valence-electron chi connectivity index (χ0n) is 14.6. The van der Waals surface area contributed by atoms with E-state index in [9.17, 15) is 9.90 Å². The molecule has 4 aliphatic carbocycles. The van der Waals surface area contributed by atoms with Crippen LogP contribution in [-0.4, -0.2) is 21.8 Å². The molecule has 2 nitrogen and oxygen atoms in total. The van der Waals surface area contributed by atoms with Crippen LogP contribution in [0.15, 0.2) is 0 Å². The summed E-state index contributed by atoms with van der Waals surface area (Å²) in [4.78, 5) is 12.4. The highest BCUT2D eigenvalue weighted by atomic mass is 79.9. The first-order valence-corrected chi connectivity index (χ1v) is 10.8. The van der Waals surface area contributed by atoms with Crippen molar-refractivity contribution in [3.8, 4) is 0 Å². The van der Waals surface area contributed by atoms with Gasteiger partial charge in [0.25, 0.3) is 0 Å². The maximum atomic E-state index is 12.4. The second kappa shape index (κ2) is 5.56. The molecule has 0 saturated heterocycles. The fourth-order valence-electron chi connectivity index (χ4n) is 7.60. The van der Waals surface area contributed by atoms with Crippen molar-refractivity contribution in [1.82, 2.24) is 0 Å². The van der Waals surface area contributed by atoms with Gasteiger partial charge in [-0.15, -0.1) is 0 Å². The summed E-state index contributed by atoms with van der Waals surface area (Å²) in [5.41, 5.74) is -0.166. The van der Waals surface area contributed by atoms with E-state index >= 15 is 0 Å². The molecule has 0 unspecified atom stereocenters. The van der Waals surface area contributed by atoms with E-state index in [0.29, 0.717) is 17.0 Å². The average Bonchev–Trinajstić information content (AvgIpc) is 3.03. The Balaban J connectivity index is 1.58. The fraction of sp³-hybridized carbons (Fsp3) is 0.950. The van der Waals surface area contributed by atoms with Crippen LogP contribution in [0.5, 0.6) is 0 Å². The van der Waals surface area contributed by atoms with E-state index in [0.717, 1.165) is 36.5 Å². The van der Waals surface area contributed by atoms with E-state index in [4.69, 9.17) is 0 Å². The molecule has 0 aliphatic heterocycles. The van der Waals surface area contributed by atoms with Crippen LogP contribution in [0.2, 0.25) is 0 Å². The number of Topliss-reactive ketones (excluding diaryl/α,β-unsaturated/α-hetero) is 1. The minimum Gasteiger partial charge on any atom is -0.390 e. The summed E-state index contributed by atoms with van der Waals surface area (Å²) < 4.78 is 0. The van der Waals surface area contributed by atoms with Gasteiger partial charge in [-0.05, 0) is 93.3 Å². The number of carbonyl (C=O) groups is 1. The largest absolute Gasteiger partial charge is 0.390 e. The van der Waals surface area contributed by atoms with Crippen LogP contribution in [0.1, 0.15) is 65.2 Å². The molecule has 0 heterocycles. The molecule has 4 saturated carbocycles. The number of carbonyl (C=O) groups excluding carboxylic acids is 1. The van der Waals surface area contributed by atoms with E-state index < -0.39 is 5.60 Å². The topological polar surface area (TPSA) is 37.3 Å². The molecule has 130 valence electrons.